The topological polar surface area (TPSA) is 130 Å². The van der Waals surface area contributed by atoms with Crippen molar-refractivity contribution in [2.24, 2.45) is 0 Å². The molecule has 3 N–H and O–H groups in total. The Hall–Kier alpha value is -3.60. The van der Waals surface area contributed by atoms with Crippen LogP contribution in [0.3, 0.4) is 0 Å². The van der Waals surface area contributed by atoms with Crippen LogP contribution in [0.2, 0.25) is 0 Å². The zero-order chi connectivity index (χ0) is 22.4. The van der Waals surface area contributed by atoms with Crippen LogP contribution >= 0.6 is 0 Å². The first-order chi connectivity index (χ1) is 15.0. The number of nitrogens with two attached hydrogens (primary N) is 1. The van der Waals surface area contributed by atoms with E-state index in [0.717, 1.165) is 41.0 Å². The fourth-order valence-electron chi connectivity index (χ4n) is 4.18. The van der Waals surface area contributed by atoms with Gasteiger partial charge in [-0.25, -0.2) is 4.98 Å². The van der Waals surface area contributed by atoms with Gasteiger partial charge < -0.3 is 20.5 Å². The van der Waals surface area contributed by atoms with Crippen molar-refractivity contribution >= 4 is 18.2 Å². The first kappa shape index (κ1) is 22.1. The summed E-state index contributed by atoms with van der Waals surface area (Å²) >= 11 is 0. The minimum Gasteiger partial charge on any atom is -0.490 e. The number of hydrogen-bond donors (Lipinski definition) is 2. The van der Waals surface area contributed by atoms with Gasteiger partial charge in [-0.2, -0.15) is 5.26 Å². The lowest BCUT2D eigenvalue weighted by atomic mass is 9.91. The highest BCUT2D eigenvalue weighted by atomic mass is 16.5. The lowest BCUT2D eigenvalue weighted by molar-refractivity contribution is -0.129. The number of rotatable bonds is 3. The zero-order valence-electron chi connectivity index (χ0n) is 17.5. The van der Waals surface area contributed by atoms with Crippen molar-refractivity contribution < 1.29 is 19.4 Å². The van der Waals surface area contributed by atoms with E-state index in [2.05, 4.69) is 11.1 Å². The van der Waals surface area contributed by atoms with Crippen molar-refractivity contribution in [3.63, 3.8) is 0 Å². The Balaban J connectivity index is 0.000000858. The van der Waals surface area contributed by atoms with Gasteiger partial charge in [0.05, 0.1) is 11.8 Å². The smallest absolute Gasteiger partial charge is 0.290 e. The van der Waals surface area contributed by atoms with Gasteiger partial charge in [0, 0.05) is 37.6 Å². The van der Waals surface area contributed by atoms with Gasteiger partial charge in [-0.1, -0.05) is 12.1 Å². The molecule has 1 aliphatic carbocycles. The van der Waals surface area contributed by atoms with E-state index in [1.165, 1.54) is 12.8 Å². The Bertz CT molecular complexity index is 992. The van der Waals surface area contributed by atoms with Crippen molar-refractivity contribution in [1.82, 2.24) is 9.88 Å². The van der Waals surface area contributed by atoms with Gasteiger partial charge in [0.15, 0.2) is 0 Å². The number of anilines is 1. The molecule has 1 amide bonds. The Morgan fingerprint density at radius 2 is 1.97 bits per heavy atom. The minimum absolute atomic E-state index is 0.0206. The van der Waals surface area contributed by atoms with E-state index in [9.17, 15) is 10.1 Å². The molecule has 2 heterocycles. The number of hydrogen-bond acceptors (Lipinski definition) is 6. The molecule has 4 rings (SSSR count). The molecule has 0 radical (unpaired) electrons. The third kappa shape index (κ3) is 4.94. The van der Waals surface area contributed by atoms with E-state index < -0.39 is 0 Å². The summed E-state index contributed by atoms with van der Waals surface area (Å²) < 4.78 is 6.05. The van der Waals surface area contributed by atoms with Crippen LogP contribution in [0.5, 0.6) is 5.75 Å². The number of carbonyl (C=O) groups is 2. The normalized spacial score (nSPS) is 15.3. The molecular formula is C23H26N4O4. The number of nitrogens with zero attached hydrogens (tertiary/aromatic N) is 3. The molecule has 0 spiro atoms. The predicted molar refractivity (Wildman–Crippen MR) is 115 cm³/mol. The molecule has 8 heteroatoms. The quantitative estimate of drug-likeness (QED) is 0.727. The van der Waals surface area contributed by atoms with E-state index in [4.69, 9.17) is 20.4 Å². The highest BCUT2D eigenvalue weighted by molar-refractivity contribution is 5.81. The molecule has 1 fully saturated rings. The van der Waals surface area contributed by atoms with Crippen molar-refractivity contribution in [3.8, 4) is 22.9 Å². The summed E-state index contributed by atoms with van der Waals surface area (Å²) in [6, 6.07) is 10.0. The van der Waals surface area contributed by atoms with Gasteiger partial charge in [0.1, 0.15) is 23.2 Å². The Labute approximate surface area is 181 Å². The Morgan fingerprint density at radius 1 is 1.32 bits per heavy atom. The summed E-state index contributed by atoms with van der Waals surface area (Å²) in [7, 11) is 0. The number of benzene rings is 1. The number of nitriles is 1. The number of fused-ring (bicyclic) bond motifs is 1. The molecule has 2 aromatic rings. The van der Waals surface area contributed by atoms with Crippen LogP contribution in [0.4, 0.5) is 5.82 Å². The molecule has 1 aromatic carbocycles. The van der Waals surface area contributed by atoms with E-state index in [1.54, 1.807) is 11.8 Å². The van der Waals surface area contributed by atoms with Crippen LogP contribution in [0, 0.1) is 11.3 Å². The van der Waals surface area contributed by atoms with Crippen molar-refractivity contribution in [2.45, 2.75) is 51.7 Å². The monoisotopic (exact) mass is 422 g/mol. The lowest BCUT2D eigenvalue weighted by Crippen LogP contribution is -2.35. The minimum atomic E-state index is -0.250. The van der Waals surface area contributed by atoms with Gasteiger partial charge in [-0.3, -0.25) is 9.59 Å². The fraction of sp³-hybridized carbons (Fsp3) is 0.391. The van der Waals surface area contributed by atoms with E-state index >= 15 is 0 Å². The first-order valence-corrected chi connectivity index (χ1v) is 10.3. The second-order valence-corrected chi connectivity index (χ2v) is 7.63. The molecule has 162 valence electrons. The van der Waals surface area contributed by atoms with Crippen molar-refractivity contribution in [1.29, 1.82) is 5.26 Å². The summed E-state index contributed by atoms with van der Waals surface area (Å²) in [5.41, 5.74) is 9.92. The van der Waals surface area contributed by atoms with Crippen LogP contribution in [0.15, 0.2) is 24.3 Å². The van der Waals surface area contributed by atoms with E-state index in [0.29, 0.717) is 31.2 Å². The largest absolute Gasteiger partial charge is 0.490 e. The average molecular weight is 422 g/mol. The summed E-state index contributed by atoms with van der Waals surface area (Å²) in [4.78, 5) is 26.5. The fourth-order valence-corrected chi connectivity index (χ4v) is 4.18. The highest BCUT2D eigenvalue weighted by Gasteiger charge is 2.26. The summed E-state index contributed by atoms with van der Waals surface area (Å²) in [6.07, 6.45) is 5.60. The molecular weight excluding hydrogens is 396 g/mol. The molecule has 0 unspecified atom stereocenters. The van der Waals surface area contributed by atoms with E-state index in [-0.39, 0.29) is 18.2 Å². The van der Waals surface area contributed by atoms with Crippen molar-refractivity contribution in [3.05, 3.63) is 41.1 Å². The highest BCUT2D eigenvalue weighted by Crippen LogP contribution is 2.36. The number of nitrogen functional groups attached to an aromatic ring is 1. The van der Waals surface area contributed by atoms with Crippen LogP contribution in [-0.2, 0) is 22.6 Å². The van der Waals surface area contributed by atoms with Crippen LogP contribution in [0.25, 0.3) is 11.1 Å². The molecule has 1 saturated carbocycles. The van der Waals surface area contributed by atoms with Crippen LogP contribution in [-0.4, -0.2) is 40.0 Å². The number of carboxylic acid groups (broad SMARTS) is 1. The van der Waals surface area contributed by atoms with Gasteiger partial charge in [-0.15, -0.1) is 0 Å². The maximum absolute atomic E-state index is 11.9. The molecule has 2 aliphatic rings. The maximum Gasteiger partial charge on any atom is 0.290 e. The molecule has 1 aliphatic heterocycles. The van der Waals surface area contributed by atoms with E-state index in [1.807, 2.05) is 24.3 Å². The number of aromatic nitrogens is 1. The molecule has 1 aromatic heterocycles. The molecule has 31 heavy (non-hydrogen) atoms. The summed E-state index contributed by atoms with van der Waals surface area (Å²) in [5.74, 6) is 1.11. The number of ether oxygens (including phenoxy) is 1. The number of pyridine rings is 1. The first-order valence-electron chi connectivity index (χ1n) is 10.3. The standard InChI is InChI=1S/C22H24N4O2.CH2O2/c1-14(27)26-11-10-20-19(13-26)21(18(12-23)22(24)25-20)15-6-8-17(9-7-15)28-16-4-2-3-5-16;2-1-3/h6-9,16H,2-5,10-11,13H2,1H3,(H2,24,25);1H,(H,2,3). The van der Waals surface area contributed by atoms with Crippen LogP contribution in [0.1, 0.15) is 49.4 Å². The lowest BCUT2D eigenvalue weighted by Gasteiger charge is -2.29. The average Bonchev–Trinajstić information content (AvgIpc) is 3.26. The molecule has 0 saturated heterocycles. The summed E-state index contributed by atoms with van der Waals surface area (Å²) in [5, 5.41) is 16.6. The van der Waals surface area contributed by atoms with Gasteiger partial charge in [0.2, 0.25) is 5.91 Å². The predicted octanol–water partition coefficient (Wildman–Crippen LogP) is 3.13. The third-order valence-corrected chi connectivity index (χ3v) is 5.68. The third-order valence-electron chi connectivity index (χ3n) is 5.68. The van der Waals surface area contributed by atoms with Crippen LogP contribution < -0.4 is 10.5 Å². The van der Waals surface area contributed by atoms with Gasteiger partial charge in [-0.05, 0) is 43.4 Å². The molecule has 0 atom stereocenters. The SMILES string of the molecule is CC(=O)N1CCc2nc(N)c(C#N)c(-c3ccc(OC4CCCC4)cc3)c2C1.O=CO. The summed E-state index contributed by atoms with van der Waals surface area (Å²) in [6.45, 7) is 2.38. The number of carbonyl (C=O) groups excluding carboxylic acids is 1. The van der Waals surface area contributed by atoms with Gasteiger partial charge in [0.25, 0.3) is 6.47 Å². The second-order valence-electron chi connectivity index (χ2n) is 7.63. The van der Waals surface area contributed by atoms with Crippen molar-refractivity contribution in [2.75, 3.05) is 12.3 Å². The Kier molecular flexibility index (Phi) is 7.08. The number of amides is 1. The van der Waals surface area contributed by atoms with Gasteiger partial charge >= 0.3 is 0 Å². The molecule has 8 nitrogen and oxygen atoms in total. The zero-order valence-corrected chi connectivity index (χ0v) is 17.5. The Morgan fingerprint density at radius 3 is 2.55 bits per heavy atom. The second kappa shape index (κ2) is 9.94. The maximum atomic E-state index is 11.9. The molecule has 0 bridgehead atoms.